The van der Waals surface area contributed by atoms with Gasteiger partial charge < -0.3 is 16.0 Å². The summed E-state index contributed by atoms with van der Waals surface area (Å²) in [5.41, 5.74) is 0.503. The maximum Gasteiger partial charge on any atom is 0.319 e. The highest BCUT2D eigenvalue weighted by molar-refractivity contribution is 6.35. The summed E-state index contributed by atoms with van der Waals surface area (Å²) in [6.07, 6.45) is 0. The Labute approximate surface area is 117 Å². The summed E-state index contributed by atoms with van der Waals surface area (Å²) in [6.45, 7) is 3.48. The lowest BCUT2D eigenvalue weighted by molar-refractivity contribution is 0.250. The first kappa shape index (κ1) is 15.1. The molecule has 0 aliphatic heterocycles. The monoisotopic (exact) mass is 289 g/mol. The van der Waals surface area contributed by atoms with Gasteiger partial charge in [0.2, 0.25) is 0 Å². The first-order valence-electron chi connectivity index (χ1n) is 5.67. The predicted molar refractivity (Wildman–Crippen MR) is 76.6 cm³/mol. The normalized spacial score (nSPS) is 12.0. The number of carbonyl (C=O) groups is 1. The van der Waals surface area contributed by atoms with Gasteiger partial charge in [-0.15, -0.1) is 0 Å². The zero-order valence-corrected chi connectivity index (χ0v) is 11.9. The Kier molecular flexibility index (Phi) is 6.25. The Balaban J connectivity index is 2.47. The fraction of sp³-hybridized carbons (Fsp3) is 0.417. The van der Waals surface area contributed by atoms with Crippen molar-refractivity contribution in [1.82, 2.24) is 10.6 Å². The summed E-state index contributed by atoms with van der Waals surface area (Å²) in [5, 5.41) is 9.46. The van der Waals surface area contributed by atoms with Crippen LogP contribution < -0.4 is 16.0 Å². The first-order valence-corrected chi connectivity index (χ1v) is 6.43. The number of urea groups is 1. The number of hydrogen-bond donors (Lipinski definition) is 3. The van der Waals surface area contributed by atoms with E-state index in [0.29, 0.717) is 28.2 Å². The molecule has 1 rings (SSSR count). The molecule has 0 saturated heterocycles. The van der Waals surface area contributed by atoms with E-state index in [1.807, 2.05) is 14.0 Å². The first-order chi connectivity index (χ1) is 8.52. The van der Waals surface area contributed by atoms with Crippen LogP contribution in [0.2, 0.25) is 10.0 Å². The van der Waals surface area contributed by atoms with Crippen LogP contribution in [-0.4, -0.2) is 26.2 Å². The molecule has 6 heteroatoms. The zero-order chi connectivity index (χ0) is 13.5. The van der Waals surface area contributed by atoms with Gasteiger partial charge in [0.1, 0.15) is 0 Å². The average Bonchev–Trinajstić information content (AvgIpc) is 2.32. The minimum absolute atomic E-state index is 0.290. The Morgan fingerprint density at radius 3 is 2.72 bits per heavy atom. The number of benzene rings is 1. The molecule has 2 amide bonds. The summed E-state index contributed by atoms with van der Waals surface area (Å²) < 4.78 is 0. The summed E-state index contributed by atoms with van der Waals surface area (Å²) >= 11 is 11.8. The van der Waals surface area contributed by atoms with Crippen molar-refractivity contribution < 1.29 is 4.79 Å². The SMILES string of the molecule is CNCC(C)CNC(=O)Nc1cc(Cl)ccc1Cl. The summed E-state index contributed by atoms with van der Waals surface area (Å²) in [5.74, 6) is 0.357. The van der Waals surface area contributed by atoms with Gasteiger partial charge in [0, 0.05) is 11.6 Å². The molecule has 1 aromatic rings. The predicted octanol–water partition coefficient (Wildman–Crippen LogP) is 2.97. The fourth-order valence-corrected chi connectivity index (χ4v) is 1.78. The Morgan fingerprint density at radius 1 is 1.33 bits per heavy atom. The second-order valence-corrected chi connectivity index (χ2v) is 4.97. The van der Waals surface area contributed by atoms with Gasteiger partial charge >= 0.3 is 6.03 Å². The molecule has 0 spiro atoms. The van der Waals surface area contributed by atoms with Crippen LogP contribution in [0, 0.1) is 5.92 Å². The molecule has 4 nitrogen and oxygen atoms in total. The lowest BCUT2D eigenvalue weighted by atomic mass is 10.2. The lowest BCUT2D eigenvalue weighted by Gasteiger charge is -2.13. The van der Waals surface area contributed by atoms with E-state index in [-0.39, 0.29) is 6.03 Å². The summed E-state index contributed by atoms with van der Waals surface area (Å²) in [6, 6.07) is 4.63. The van der Waals surface area contributed by atoms with Crippen LogP contribution in [0.15, 0.2) is 18.2 Å². The third-order valence-corrected chi connectivity index (χ3v) is 2.90. The molecule has 1 unspecified atom stereocenters. The highest BCUT2D eigenvalue weighted by Crippen LogP contribution is 2.25. The number of anilines is 1. The third kappa shape index (κ3) is 5.12. The quantitative estimate of drug-likeness (QED) is 0.781. The lowest BCUT2D eigenvalue weighted by Crippen LogP contribution is -2.35. The van der Waals surface area contributed by atoms with Crippen LogP contribution in [0.4, 0.5) is 10.5 Å². The molecule has 0 radical (unpaired) electrons. The van der Waals surface area contributed by atoms with E-state index >= 15 is 0 Å². The summed E-state index contributed by atoms with van der Waals surface area (Å²) in [7, 11) is 1.88. The number of halogens is 2. The van der Waals surface area contributed by atoms with Gasteiger partial charge in [-0.2, -0.15) is 0 Å². The maximum atomic E-state index is 11.6. The van der Waals surface area contributed by atoms with Crippen LogP contribution in [-0.2, 0) is 0 Å². The standard InChI is InChI=1S/C12H17Cl2N3O/c1-8(6-15-2)7-16-12(18)17-11-5-9(13)3-4-10(11)14/h3-5,8,15H,6-7H2,1-2H3,(H2,16,17,18). The van der Waals surface area contributed by atoms with Gasteiger partial charge in [0.15, 0.2) is 0 Å². The molecular formula is C12H17Cl2N3O. The third-order valence-electron chi connectivity index (χ3n) is 2.34. The number of carbonyl (C=O) groups excluding carboxylic acids is 1. The number of amides is 2. The molecule has 0 heterocycles. The van der Waals surface area contributed by atoms with E-state index < -0.39 is 0 Å². The molecule has 100 valence electrons. The van der Waals surface area contributed by atoms with Crippen LogP contribution in [0.3, 0.4) is 0 Å². The number of hydrogen-bond acceptors (Lipinski definition) is 2. The topological polar surface area (TPSA) is 53.2 Å². The van der Waals surface area contributed by atoms with E-state index in [0.717, 1.165) is 6.54 Å². The Bertz CT molecular complexity index is 412. The van der Waals surface area contributed by atoms with Crippen molar-refractivity contribution in [3.8, 4) is 0 Å². The van der Waals surface area contributed by atoms with E-state index in [1.54, 1.807) is 18.2 Å². The molecule has 1 aromatic carbocycles. The van der Waals surface area contributed by atoms with Gasteiger partial charge in [0.25, 0.3) is 0 Å². The fourth-order valence-electron chi connectivity index (χ4n) is 1.45. The molecule has 18 heavy (non-hydrogen) atoms. The minimum Gasteiger partial charge on any atom is -0.338 e. The maximum absolute atomic E-state index is 11.6. The van der Waals surface area contributed by atoms with E-state index in [4.69, 9.17) is 23.2 Å². The summed E-state index contributed by atoms with van der Waals surface area (Å²) in [4.78, 5) is 11.6. The van der Waals surface area contributed by atoms with E-state index in [2.05, 4.69) is 16.0 Å². The van der Waals surface area contributed by atoms with Gasteiger partial charge in [-0.1, -0.05) is 30.1 Å². The average molecular weight is 290 g/mol. The highest BCUT2D eigenvalue weighted by atomic mass is 35.5. The number of rotatable bonds is 5. The van der Waals surface area contributed by atoms with Crippen LogP contribution >= 0.6 is 23.2 Å². The molecule has 0 bridgehead atoms. The highest BCUT2D eigenvalue weighted by Gasteiger charge is 2.07. The zero-order valence-electron chi connectivity index (χ0n) is 10.4. The van der Waals surface area contributed by atoms with Gasteiger partial charge in [-0.05, 0) is 37.7 Å². The number of nitrogens with one attached hydrogen (secondary N) is 3. The van der Waals surface area contributed by atoms with E-state index in [9.17, 15) is 4.79 Å². The van der Waals surface area contributed by atoms with Gasteiger partial charge in [0.05, 0.1) is 10.7 Å². The Hall–Kier alpha value is -0.970. The molecule has 1 atom stereocenters. The van der Waals surface area contributed by atoms with Crippen molar-refractivity contribution in [2.75, 3.05) is 25.5 Å². The van der Waals surface area contributed by atoms with Crippen molar-refractivity contribution in [2.45, 2.75) is 6.92 Å². The molecule has 0 aliphatic carbocycles. The van der Waals surface area contributed by atoms with Crippen LogP contribution in [0.25, 0.3) is 0 Å². The van der Waals surface area contributed by atoms with Crippen molar-refractivity contribution >= 4 is 34.9 Å². The van der Waals surface area contributed by atoms with Crippen molar-refractivity contribution in [1.29, 1.82) is 0 Å². The second kappa shape index (κ2) is 7.46. The molecular weight excluding hydrogens is 273 g/mol. The molecule has 0 aliphatic rings. The Morgan fingerprint density at radius 2 is 2.06 bits per heavy atom. The minimum atomic E-state index is -0.290. The molecule has 0 fully saturated rings. The largest absolute Gasteiger partial charge is 0.338 e. The second-order valence-electron chi connectivity index (χ2n) is 4.12. The molecule has 0 aromatic heterocycles. The molecule has 3 N–H and O–H groups in total. The van der Waals surface area contributed by atoms with Gasteiger partial charge in [-0.3, -0.25) is 0 Å². The van der Waals surface area contributed by atoms with Crippen LogP contribution in [0.1, 0.15) is 6.92 Å². The smallest absolute Gasteiger partial charge is 0.319 e. The van der Waals surface area contributed by atoms with Crippen molar-refractivity contribution in [2.24, 2.45) is 5.92 Å². The van der Waals surface area contributed by atoms with Gasteiger partial charge in [-0.25, -0.2) is 4.79 Å². The van der Waals surface area contributed by atoms with E-state index in [1.165, 1.54) is 0 Å². The van der Waals surface area contributed by atoms with Crippen molar-refractivity contribution in [3.63, 3.8) is 0 Å². The van der Waals surface area contributed by atoms with Crippen molar-refractivity contribution in [3.05, 3.63) is 28.2 Å². The molecule has 0 saturated carbocycles. The van der Waals surface area contributed by atoms with Crippen LogP contribution in [0.5, 0.6) is 0 Å².